The second kappa shape index (κ2) is 5.65. The average molecular weight is 263 g/mol. The van der Waals surface area contributed by atoms with Crippen molar-refractivity contribution in [2.45, 2.75) is 25.8 Å². The summed E-state index contributed by atoms with van der Waals surface area (Å²) in [5, 5.41) is 18.2. The molecule has 1 aliphatic heterocycles. The maximum absolute atomic E-state index is 11.2. The van der Waals surface area contributed by atoms with E-state index in [0.29, 0.717) is 12.8 Å². The normalized spacial score (nSPS) is 26.1. The smallest absolute Gasteiger partial charge is 0.354 e. The maximum atomic E-state index is 11.2. The Bertz CT molecular complexity index is 490. The lowest BCUT2D eigenvalue weighted by Crippen LogP contribution is -2.38. The van der Waals surface area contributed by atoms with E-state index in [1.54, 1.807) is 12.2 Å². The van der Waals surface area contributed by atoms with Crippen LogP contribution in [0.15, 0.2) is 42.0 Å². The second-order valence-corrected chi connectivity index (χ2v) is 4.68. The summed E-state index contributed by atoms with van der Waals surface area (Å²) in [5.74, 6) is -2.61. The molecule has 0 radical (unpaired) electrons. The van der Waals surface area contributed by atoms with Crippen molar-refractivity contribution in [1.82, 2.24) is 0 Å². The molecule has 0 fully saturated rings. The fourth-order valence-corrected chi connectivity index (χ4v) is 2.19. The molecule has 0 aromatic rings. The minimum Gasteiger partial charge on any atom is -0.478 e. The number of rotatable bonds is 6. The number of hydrogen-bond acceptors (Lipinski definition) is 3. The second-order valence-electron chi connectivity index (χ2n) is 4.68. The molecule has 2 unspecified atom stereocenters. The number of nitrogens with zero attached hydrogens (tertiary/aromatic N) is 1. The van der Waals surface area contributed by atoms with E-state index in [0.717, 1.165) is 0 Å². The third-order valence-electron chi connectivity index (χ3n) is 3.18. The number of aliphatic carboxylic acids is 2. The van der Waals surface area contributed by atoms with Gasteiger partial charge in [-0.15, -0.1) is 13.2 Å². The Hall–Kier alpha value is -2.17. The zero-order chi connectivity index (χ0) is 14.6. The van der Waals surface area contributed by atoms with Gasteiger partial charge in [-0.25, -0.2) is 9.59 Å². The average Bonchev–Trinajstić information content (AvgIpc) is 2.31. The molecule has 1 aliphatic rings. The molecular formula is C14H17NO4. The van der Waals surface area contributed by atoms with Crippen molar-refractivity contribution in [2.75, 3.05) is 0 Å². The predicted molar refractivity (Wildman–Crippen MR) is 72.3 cm³/mol. The summed E-state index contributed by atoms with van der Waals surface area (Å²) in [6.07, 6.45) is 5.78. The number of carboxylic acids is 2. The van der Waals surface area contributed by atoms with E-state index in [2.05, 4.69) is 18.2 Å². The Kier molecular flexibility index (Phi) is 4.43. The van der Waals surface area contributed by atoms with E-state index in [-0.39, 0.29) is 11.6 Å². The van der Waals surface area contributed by atoms with Crippen LogP contribution in [0.3, 0.4) is 0 Å². The van der Waals surface area contributed by atoms with Crippen LogP contribution >= 0.6 is 0 Å². The van der Waals surface area contributed by atoms with E-state index in [1.165, 1.54) is 6.08 Å². The predicted octanol–water partition coefficient (Wildman–Crippen LogP) is 2.06. The van der Waals surface area contributed by atoms with Gasteiger partial charge in [-0.2, -0.15) is 0 Å². The Morgan fingerprint density at radius 2 is 2.00 bits per heavy atom. The van der Waals surface area contributed by atoms with Crippen LogP contribution < -0.4 is 0 Å². The molecule has 0 spiro atoms. The number of aliphatic imine (C=N–C) groups is 1. The fraction of sp³-hybridized carbons (Fsp3) is 0.357. The van der Waals surface area contributed by atoms with Crippen molar-refractivity contribution in [3.63, 3.8) is 0 Å². The summed E-state index contributed by atoms with van der Waals surface area (Å²) < 4.78 is 0. The van der Waals surface area contributed by atoms with Crippen molar-refractivity contribution in [3.8, 4) is 0 Å². The van der Waals surface area contributed by atoms with E-state index < -0.39 is 23.1 Å². The minimum absolute atomic E-state index is 0.267. The summed E-state index contributed by atoms with van der Waals surface area (Å²) in [4.78, 5) is 26.4. The van der Waals surface area contributed by atoms with Crippen molar-refractivity contribution >= 4 is 17.7 Å². The van der Waals surface area contributed by atoms with Gasteiger partial charge in [0.15, 0.2) is 5.71 Å². The van der Waals surface area contributed by atoms with Gasteiger partial charge in [-0.1, -0.05) is 25.2 Å². The highest BCUT2D eigenvalue weighted by molar-refractivity contribution is 6.48. The van der Waals surface area contributed by atoms with Crippen molar-refractivity contribution in [2.24, 2.45) is 10.4 Å². The Balaban J connectivity index is 3.34. The molecule has 0 aromatic heterocycles. The molecule has 0 amide bonds. The first-order valence-corrected chi connectivity index (χ1v) is 5.85. The summed E-state index contributed by atoms with van der Waals surface area (Å²) in [6.45, 7) is 9.12. The lowest BCUT2D eigenvalue weighted by atomic mass is 9.74. The topological polar surface area (TPSA) is 87.0 Å². The van der Waals surface area contributed by atoms with Gasteiger partial charge in [0.05, 0.1) is 11.6 Å². The molecule has 0 aromatic carbocycles. The van der Waals surface area contributed by atoms with Gasteiger partial charge >= 0.3 is 11.9 Å². The molecule has 0 saturated carbocycles. The van der Waals surface area contributed by atoms with Crippen LogP contribution in [-0.2, 0) is 9.59 Å². The van der Waals surface area contributed by atoms with Crippen LogP contribution in [0.5, 0.6) is 0 Å². The van der Waals surface area contributed by atoms with Gasteiger partial charge in [0, 0.05) is 5.41 Å². The van der Waals surface area contributed by atoms with Crippen LogP contribution in [0.4, 0.5) is 0 Å². The SMILES string of the molecule is C=CCC1N=C(C(=O)O)C(C(=O)O)=CC1(C)CC=C. The summed E-state index contributed by atoms with van der Waals surface area (Å²) in [5.41, 5.74) is -1.24. The van der Waals surface area contributed by atoms with E-state index in [9.17, 15) is 9.59 Å². The molecule has 1 rings (SSSR count). The molecule has 0 saturated heterocycles. The van der Waals surface area contributed by atoms with Gasteiger partial charge in [-0.3, -0.25) is 4.99 Å². The van der Waals surface area contributed by atoms with Crippen LogP contribution in [0, 0.1) is 5.41 Å². The number of allylic oxidation sites excluding steroid dienone is 1. The first kappa shape index (κ1) is 14.9. The lowest BCUT2D eigenvalue weighted by molar-refractivity contribution is -0.134. The molecule has 19 heavy (non-hydrogen) atoms. The molecule has 2 atom stereocenters. The standard InChI is InChI=1S/C14H17NO4/c1-4-6-10-14(3,7-5-2)8-9(12(16)17)11(15-10)13(18)19/h4-5,8,10H,1-2,6-7H2,3H3,(H,16,17)(H,18,19). The monoisotopic (exact) mass is 263 g/mol. The number of hydrogen-bond donors (Lipinski definition) is 2. The van der Waals surface area contributed by atoms with Crippen LogP contribution in [0.1, 0.15) is 19.8 Å². The van der Waals surface area contributed by atoms with E-state index in [1.807, 2.05) is 6.92 Å². The first-order chi connectivity index (χ1) is 8.85. The van der Waals surface area contributed by atoms with Gasteiger partial charge < -0.3 is 10.2 Å². The first-order valence-electron chi connectivity index (χ1n) is 5.85. The van der Waals surface area contributed by atoms with Crippen molar-refractivity contribution < 1.29 is 19.8 Å². The minimum atomic E-state index is -1.33. The van der Waals surface area contributed by atoms with E-state index >= 15 is 0 Å². The molecule has 102 valence electrons. The Morgan fingerprint density at radius 3 is 2.42 bits per heavy atom. The molecule has 0 aliphatic carbocycles. The van der Waals surface area contributed by atoms with Crippen LogP contribution in [0.25, 0.3) is 0 Å². The maximum Gasteiger partial charge on any atom is 0.354 e. The van der Waals surface area contributed by atoms with Gasteiger partial charge in [0.1, 0.15) is 0 Å². The van der Waals surface area contributed by atoms with Gasteiger partial charge in [0.2, 0.25) is 0 Å². The van der Waals surface area contributed by atoms with Crippen molar-refractivity contribution in [1.29, 1.82) is 0 Å². The molecule has 1 heterocycles. The molecule has 2 N–H and O–H groups in total. The lowest BCUT2D eigenvalue weighted by Gasteiger charge is -2.35. The Morgan fingerprint density at radius 1 is 1.37 bits per heavy atom. The van der Waals surface area contributed by atoms with E-state index in [4.69, 9.17) is 10.2 Å². The highest BCUT2D eigenvalue weighted by Gasteiger charge is 2.38. The number of dihydropyridines is 1. The van der Waals surface area contributed by atoms with Crippen LogP contribution in [-0.4, -0.2) is 33.9 Å². The third kappa shape index (κ3) is 2.99. The fourth-order valence-electron chi connectivity index (χ4n) is 2.19. The molecule has 0 bridgehead atoms. The third-order valence-corrected chi connectivity index (χ3v) is 3.18. The summed E-state index contributed by atoms with van der Waals surface area (Å²) in [6, 6.07) is -0.350. The highest BCUT2D eigenvalue weighted by atomic mass is 16.4. The molecule has 5 nitrogen and oxygen atoms in total. The highest BCUT2D eigenvalue weighted by Crippen LogP contribution is 2.37. The van der Waals surface area contributed by atoms with Crippen molar-refractivity contribution in [3.05, 3.63) is 37.0 Å². The zero-order valence-corrected chi connectivity index (χ0v) is 10.8. The van der Waals surface area contributed by atoms with Crippen LogP contribution in [0.2, 0.25) is 0 Å². The number of carbonyl (C=O) groups is 2. The summed E-state index contributed by atoms with van der Waals surface area (Å²) >= 11 is 0. The molecular weight excluding hydrogens is 246 g/mol. The zero-order valence-electron chi connectivity index (χ0n) is 10.8. The molecule has 5 heteroatoms. The van der Waals surface area contributed by atoms with Gasteiger partial charge in [0.25, 0.3) is 0 Å². The summed E-state index contributed by atoms with van der Waals surface area (Å²) in [7, 11) is 0. The quantitative estimate of drug-likeness (QED) is 0.718. The van der Waals surface area contributed by atoms with Gasteiger partial charge in [-0.05, 0) is 12.8 Å². The largest absolute Gasteiger partial charge is 0.478 e. The number of carboxylic acid groups (broad SMARTS) is 2. The Labute approximate surface area is 111 Å².